The zero-order valence-electron chi connectivity index (χ0n) is 9.74. The fraction of sp³-hybridized carbons (Fsp3) is 0. The number of pyridine rings is 1. The van der Waals surface area contributed by atoms with E-state index in [1.807, 2.05) is 0 Å². The minimum atomic E-state index is 0.232. The maximum Gasteiger partial charge on any atom is 0.207 e. The van der Waals surface area contributed by atoms with Gasteiger partial charge in [0.2, 0.25) is 5.95 Å². The third kappa shape index (κ3) is 2.19. The van der Waals surface area contributed by atoms with Gasteiger partial charge >= 0.3 is 0 Å². The number of aromatic nitrogens is 3. The molecule has 1 aromatic carbocycles. The third-order valence-corrected chi connectivity index (χ3v) is 3.95. The summed E-state index contributed by atoms with van der Waals surface area (Å²) in [6.45, 7) is 0. The Kier molecular flexibility index (Phi) is 3.42. The molecule has 8 heteroatoms. The van der Waals surface area contributed by atoms with E-state index in [1.54, 1.807) is 22.8 Å². The van der Waals surface area contributed by atoms with Crippen molar-refractivity contribution in [2.45, 2.75) is 0 Å². The second-order valence-corrected chi connectivity index (χ2v) is 5.68. The minimum Gasteiger partial charge on any atom is -0.369 e. The maximum atomic E-state index is 6.20. The van der Waals surface area contributed by atoms with Crippen molar-refractivity contribution in [3.8, 4) is 5.69 Å². The Labute approximate surface area is 134 Å². The number of nitrogens with zero attached hydrogens (tertiary/aromatic N) is 3. The van der Waals surface area contributed by atoms with Crippen molar-refractivity contribution in [2.75, 3.05) is 5.73 Å². The predicted molar refractivity (Wildman–Crippen MR) is 83.3 cm³/mol. The molecule has 0 aliphatic carbocycles. The van der Waals surface area contributed by atoms with Gasteiger partial charge in [-0.05, 0) is 18.2 Å². The molecule has 3 aromatic rings. The number of hydrogen-bond acceptors (Lipinski definition) is 3. The summed E-state index contributed by atoms with van der Waals surface area (Å²) in [4.78, 5) is 8.43. The highest BCUT2D eigenvalue weighted by atomic mass is 35.5. The third-order valence-electron chi connectivity index (χ3n) is 2.72. The molecule has 4 nitrogen and oxygen atoms in total. The van der Waals surface area contributed by atoms with Crippen LogP contribution in [0, 0.1) is 0 Å². The highest BCUT2D eigenvalue weighted by Crippen LogP contribution is 2.34. The van der Waals surface area contributed by atoms with Crippen LogP contribution >= 0.6 is 46.4 Å². The number of nitrogens with two attached hydrogens (primary N) is 1. The highest BCUT2D eigenvalue weighted by molar-refractivity contribution is 6.43. The van der Waals surface area contributed by atoms with E-state index in [4.69, 9.17) is 52.1 Å². The molecule has 0 saturated heterocycles. The Balaban J connectivity index is 2.35. The summed E-state index contributed by atoms with van der Waals surface area (Å²) in [6, 6.07) is 4.82. The zero-order valence-corrected chi connectivity index (χ0v) is 12.8. The lowest BCUT2D eigenvalue weighted by Crippen LogP contribution is -2.02. The Bertz CT molecular complexity index is 828. The second kappa shape index (κ2) is 4.97. The molecular formula is C12H6Cl4N4. The lowest BCUT2D eigenvalue weighted by atomic mass is 10.3. The van der Waals surface area contributed by atoms with E-state index in [9.17, 15) is 0 Å². The smallest absolute Gasteiger partial charge is 0.207 e. The molecule has 3 rings (SSSR count). The molecule has 0 aliphatic rings. The number of benzene rings is 1. The van der Waals surface area contributed by atoms with E-state index in [2.05, 4.69) is 9.97 Å². The molecule has 20 heavy (non-hydrogen) atoms. The van der Waals surface area contributed by atoms with E-state index >= 15 is 0 Å². The summed E-state index contributed by atoms with van der Waals surface area (Å²) in [7, 11) is 0. The first-order valence-corrected chi connectivity index (χ1v) is 6.93. The summed E-state index contributed by atoms with van der Waals surface area (Å²) >= 11 is 24.0. The van der Waals surface area contributed by atoms with Crippen LogP contribution in [0.15, 0.2) is 24.4 Å². The van der Waals surface area contributed by atoms with E-state index < -0.39 is 0 Å². The van der Waals surface area contributed by atoms with Gasteiger partial charge in [0.05, 0.1) is 25.8 Å². The number of halogens is 4. The van der Waals surface area contributed by atoms with Gasteiger partial charge in [0.1, 0.15) is 5.52 Å². The quantitative estimate of drug-likeness (QED) is 0.653. The molecule has 0 atom stereocenters. The van der Waals surface area contributed by atoms with Crippen molar-refractivity contribution in [3.05, 3.63) is 44.5 Å². The lowest BCUT2D eigenvalue weighted by Gasteiger charge is -2.09. The van der Waals surface area contributed by atoms with E-state index in [1.165, 1.54) is 6.20 Å². The van der Waals surface area contributed by atoms with Crippen molar-refractivity contribution < 1.29 is 0 Å². The van der Waals surface area contributed by atoms with Gasteiger partial charge in [0, 0.05) is 6.20 Å². The van der Waals surface area contributed by atoms with Gasteiger partial charge in [0.15, 0.2) is 5.65 Å². The molecule has 0 radical (unpaired) electrons. The zero-order chi connectivity index (χ0) is 14.4. The Hall–Kier alpha value is -1.20. The summed E-state index contributed by atoms with van der Waals surface area (Å²) in [5.41, 5.74) is 7.58. The van der Waals surface area contributed by atoms with E-state index in [0.29, 0.717) is 36.9 Å². The normalized spacial score (nSPS) is 11.2. The minimum absolute atomic E-state index is 0.232. The van der Waals surface area contributed by atoms with Crippen LogP contribution in [0.3, 0.4) is 0 Å². The Morgan fingerprint density at radius 2 is 1.65 bits per heavy atom. The van der Waals surface area contributed by atoms with Crippen LogP contribution in [0.4, 0.5) is 5.95 Å². The molecule has 2 aromatic heterocycles. The summed E-state index contributed by atoms with van der Waals surface area (Å²) < 4.78 is 1.59. The van der Waals surface area contributed by atoms with Gasteiger partial charge in [-0.2, -0.15) is 0 Å². The topological polar surface area (TPSA) is 56.7 Å². The monoisotopic (exact) mass is 346 g/mol. The number of fused-ring (bicyclic) bond motifs is 1. The molecular weight excluding hydrogens is 342 g/mol. The SMILES string of the molecule is Nc1nc2cc(Cl)cnc2n1-c1cc(Cl)c(Cl)cc1Cl. The standard InChI is InChI=1S/C12H6Cl4N4/c13-5-1-9-11(18-4-5)20(12(17)19-9)10-3-7(15)6(14)2-8(10)16/h1-4H,(H2,17,19). The van der Waals surface area contributed by atoms with Crippen LogP contribution in [-0.4, -0.2) is 14.5 Å². The van der Waals surface area contributed by atoms with Crippen LogP contribution in [0.5, 0.6) is 0 Å². The van der Waals surface area contributed by atoms with Gasteiger partial charge < -0.3 is 5.73 Å². The largest absolute Gasteiger partial charge is 0.369 e. The summed E-state index contributed by atoms with van der Waals surface area (Å²) in [5, 5.41) is 1.59. The average Bonchev–Trinajstić information content (AvgIpc) is 2.69. The van der Waals surface area contributed by atoms with Gasteiger partial charge in [-0.1, -0.05) is 46.4 Å². The number of rotatable bonds is 1. The molecule has 0 spiro atoms. The van der Waals surface area contributed by atoms with Crippen molar-refractivity contribution in [1.29, 1.82) is 0 Å². The maximum absolute atomic E-state index is 6.20. The first kappa shape index (κ1) is 13.8. The molecule has 0 amide bonds. The number of nitrogen functional groups attached to an aromatic ring is 1. The first-order chi connectivity index (χ1) is 9.47. The molecule has 102 valence electrons. The van der Waals surface area contributed by atoms with Crippen LogP contribution in [0.2, 0.25) is 20.1 Å². The van der Waals surface area contributed by atoms with Gasteiger partial charge in [-0.25, -0.2) is 9.97 Å². The predicted octanol–water partition coefficient (Wildman–Crippen LogP) is 4.62. The molecule has 2 N–H and O–H groups in total. The molecule has 2 heterocycles. The summed E-state index contributed by atoms with van der Waals surface area (Å²) in [5.74, 6) is 0.232. The van der Waals surface area contributed by atoms with Crippen LogP contribution in [0.25, 0.3) is 16.9 Å². The van der Waals surface area contributed by atoms with Gasteiger partial charge in [-0.15, -0.1) is 0 Å². The lowest BCUT2D eigenvalue weighted by molar-refractivity contribution is 1.08. The Morgan fingerprint density at radius 3 is 2.40 bits per heavy atom. The Morgan fingerprint density at radius 1 is 0.950 bits per heavy atom. The van der Waals surface area contributed by atoms with Crippen LogP contribution < -0.4 is 5.73 Å². The van der Waals surface area contributed by atoms with Crippen LogP contribution in [-0.2, 0) is 0 Å². The molecule has 0 unspecified atom stereocenters. The number of imidazole rings is 1. The van der Waals surface area contributed by atoms with Crippen LogP contribution in [0.1, 0.15) is 0 Å². The van der Waals surface area contributed by atoms with Gasteiger partial charge in [-0.3, -0.25) is 4.57 Å². The fourth-order valence-electron chi connectivity index (χ4n) is 1.88. The van der Waals surface area contributed by atoms with Crippen molar-refractivity contribution in [2.24, 2.45) is 0 Å². The molecule has 0 fully saturated rings. The first-order valence-electron chi connectivity index (χ1n) is 5.42. The number of hydrogen-bond donors (Lipinski definition) is 1. The van der Waals surface area contributed by atoms with Crippen molar-refractivity contribution in [3.63, 3.8) is 0 Å². The molecule has 0 saturated carbocycles. The number of anilines is 1. The van der Waals surface area contributed by atoms with Crippen molar-refractivity contribution in [1.82, 2.24) is 14.5 Å². The van der Waals surface area contributed by atoms with E-state index in [-0.39, 0.29) is 5.95 Å². The summed E-state index contributed by atoms with van der Waals surface area (Å²) in [6.07, 6.45) is 1.51. The molecule has 0 bridgehead atoms. The fourth-order valence-corrected chi connectivity index (χ4v) is 2.66. The van der Waals surface area contributed by atoms with Crippen molar-refractivity contribution >= 4 is 63.5 Å². The highest BCUT2D eigenvalue weighted by Gasteiger charge is 2.16. The molecule has 0 aliphatic heterocycles. The average molecular weight is 348 g/mol. The van der Waals surface area contributed by atoms with Gasteiger partial charge in [0.25, 0.3) is 0 Å². The van der Waals surface area contributed by atoms with E-state index in [0.717, 1.165) is 0 Å². The second-order valence-electron chi connectivity index (χ2n) is 4.02.